The maximum atomic E-state index is 4.29. The van der Waals surface area contributed by atoms with E-state index < -0.39 is 0 Å². The summed E-state index contributed by atoms with van der Waals surface area (Å²) in [6, 6.07) is 0. The van der Waals surface area contributed by atoms with Gasteiger partial charge in [0.25, 0.3) is 0 Å². The van der Waals surface area contributed by atoms with Crippen LogP contribution in [-0.4, -0.2) is 5.75 Å². The highest BCUT2D eigenvalue weighted by atomic mass is 32.1. The zero-order valence-corrected chi connectivity index (χ0v) is 9.15. The highest BCUT2D eigenvalue weighted by Gasteiger charge is 2.19. The van der Waals surface area contributed by atoms with E-state index in [9.17, 15) is 0 Å². The summed E-state index contributed by atoms with van der Waals surface area (Å²) >= 11 is 4.29. The van der Waals surface area contributed by atoms with E-state index in [2.05, 4.69) is 19.6 Å². The zero-order valence-electron chi connectivity index (χ0n) is 8.26. The molecule has 72 valence electrons. The van der Waals surface area contributed by atoms with Crippen LogP contribution < -0.4 is 0 Å². The summed E-state index contributed by atoms with van der Waals surface area (Å²) in [5, 5.41) is 0. The molecule has 0 atom stereocenters. The van der Waals surface area contributed by atoms with Crippen molar-refractivity contribution in [3.8, 4) is 0 Å². The second-order valence-corrected chi connectivity index (χ2v) is 4.63. The van der Waals surface area contributed by atoms with Crippen molar-refractivity contribution in [3.63, 3.8) is 0 Å². The van der Waals surface area contributed by atoms with Crippen LogP contribution in [0.3, 0.4) is 0 Å². The first-order valence-corrected chi connectivity index (χ1v) is 6.11. The summed E-state index contributed by atoms with van der Waals surface area (Å²) in [5.41, 5.74) is 0. The van der Waals surface area contributed by atoms with Gasteiger partial charge in [-0.3, -0.25) is 0 Å². The average molecular weight is 186 g/mol. The standard InChI is InChI=1S/C11H22S/c1-2-3-10-4-6-11(7-5-10)8-9-12/h10-12H,2-9H2,1H3. The van der Waals surface area contributed by atoms with Crippen LogP contribution in [0, 0.1) is 11.8 Å². The molecule has 0 radical (unpaired) electrons. The van der Waals surface area contributed by atoms with Crippen LogP contribution in [0.4, 0.5) is 0 Å². The van der Waals surface area contributed by atoms with Crippen molar-refractivity contribution >= 4 is 12.6 Å². The highest BCUT2D eigenvalue weighted by molar-refractivity contribution is 7.80. The Hall–Kier alpha value is 0.350. The molecule has 0 nitrogen and oxygen atoms in total. The third-order valence-corrected chi connectivity index (χ3v) is 3.46. The summed E-state index contributed by atoms with van der Waals surface area (Å²) in [7, 11) is 0. The van der Waals surface area contributed by atoms with Gasteiger partial charge in [0.05, 0.1) is 0 Å². The van der Waals surface area contributed by atoms with Crippen molar-refractivity contribution in [1.82, 2.24) is 0 Å². The largest absolute Gasteiger partial charge is 0.179 e. The summed E-state index contributed by atoms with van der Waals surface area (Å²) in [6.07, 6.45) is 10.1. The van der Waals surface area contributed by atoms with E-state index in [0.717, 1.165) is 17.6 Å². The Morgan fingerprint density at radius 1 is 1.00 bits per heavy atom. The average Bonchev–Trinajstić information content (AvgIpc) is 2.09. The second kappa shape index (κ2) is 5.90. The van der Waals surface area contributed by atoms with E-state index in [-0.39, 0.29) is 0 Å². The van der Waals surface area contributed by atoms with Crippen LogP contribution in [0.1, 0.15) is 51.9 Å². The Morgan fingerprint density at radius 2 is 1.50 bits per heavy atom. The van der Waals surface area contributed by atoms with Gasteiger partial charge in [-0.25, -0.2) is 0 Å². The van der Waals surface area contributed by atoms with E-state index in [1.165, 1.54) is 44.9 Å². The maximum Gasteiger partial charge on any atom is -0.00953 e. The highest BCUT2D eigenvalue weighted by Crippen LogP contribution is 2.33. The predicted molar refractivity (Wildman–Crippen MR) is 58.8 cm³/mol. The van der Waals surface area contributed by atoms with Gasteiger partial charge < -0.3 is 0 Å². The molecule has 0 aromatic heterocycles. The van der Waals surface area contributed by atoms with E-state index in [1.807, 2.05) is 0 Å². The Morgan fingerprint density at radius 3 is 1.92 bits per heavy atom. The molecule has 0 heterocycles. The molecule has 0 spiro atoms. The van der Waals surface area contributed by atoms with Crippen LogP contribution in [0.5, 0.6) is 0 Å². The fraction of sp³-hybridized carbons (Fsp3) is 1.00. The van der Waals surface area contributed by atoms with Crippen LogP contribution in [0.2, 0.25) is 0 Å². The molecule has 1 aliphatic carbocycles. The van der Waals surface area contributed by atoms with Crippen molar-refractivity contribution in [2.75, 3.05) is 5.75 Å². The van der Waals surface area contributed by atoms with Gasteiger partial charge in [0.15, 0.2) is 0 Å². The van der Waals surface area contributed by atoms with Crippen molar-refractivity contribution in [2.24, 2.45) is 11.8 Å². The third kappa shape index (κ3) is 3.38. The molecule has 0 saturated heterocycles. The zero-order chi connectivity index (χ0) is 8.81. The molecule has 0 unspecified atom stereocenters. The normalized spacial score (nSPS) is 30.5. The number of thiol groups is 1. The van der Waals surface area contributed by atoms with Crippen molar-refractivity contribution < 1.29 is 0 Å². The minimum Gasteiger partial charge on any atom is -0.179 e. The third-order valence-electron chi connectivity index (χ3n) is 3.20. The van der Waals surface area contributed by atoms with Gasteiger partial charge in [-0.1, -0.05) is 45.4 Å². The predicted octanol–water partition coefficient (Wildman–Crippen LogP) is 3.91. The van der Waals surface area contributed by atoms with Crippen molar-refractivity contribution in [3.05, 3.63) is 0 Å². The molecule has 0 N–H and O–H groups in total. The fourth-order valence-corrected chi connectivity index (χ4v) is 2.76. The SMILES string of the molecule is CCCC1CCC(CCS)CC1. The molecule has 1 rings (SSSR count). The van der Waals surface area contributed by atoms with E-state index >= 15 is 0 Å². The maximum absolute atomic E-state index is 4.29. The molecule has 0 aromatic carbocycles. The molecule has 1 heteroatoms. The van der Waals surface area contributed by atoms with Gasteiger partial charge in [-0.2, -0.15) is 12.6 Å². The first kappa shape index (κ1) is 10.4. The number of rotatable bonds is 4. The molecule has 1 fully saturated rings. The minimum atomic E-state index is 1.01. The molecule has 0 amide bonds. The van der Waals surface area contributed by atoms with Gasteiger partial charge in [0, 0.05) is 0 Å². The number of hydrogen-bond donors (Lipinski definition) is 1. The lowest BCUT2D eigenvalue weighted by Crippen LogP contribution is -2.14. The molecule has 12 heavy (non-hydrogen) atoms. The molecule has 0 bridgehead atoms. The first-order chi connectivity index (χ1) is 5.86. The van der Waals surface area contributed by atoms with E-state index in [0.29, 0.717) is 0 Å². The summed E-state index contributed by atoms with van der Waals surface area (Å²) in [6.45, 7) is 2.31. The quantitative estimate of drug-likeness (QED) is 0.632. The fourth-order valence-electron chi connectivity index (χ4n) is 2.40. The molecular formula is C11H22S. The van der Waals surface area contributed by atoms with E-state index in [1.54, 1.807) is 0 Å². The Kier molecular flexibility index (Phi) is 5.13. The molecule has 0 aromatic rings. The van der Waals surface area contributed by atoms with Gasteiger partial charge in [-0.05, 0) is 24.0 Å². The second-order valence-electron chi connectivity index (χ2n) is 4.19. The van der Waals surface area contributed by atoms with E-state index in [4.69, 9.17) is 0 Å². The van der Waals surface area contributed by atoms with Crippen molar-refractivity contribution in [1.29, 1.82) is 0 Å². The van der Waals surface area contributed by atoms with Crippen LogP contribution in [0.15, 0.2) is 0 Å². The lowest BCUT2D eigenvalue weighted by atomic mass is 9.79. The molecule has 0 aliphatic heterocycles. The summed E-state index contributed by atoms with van der Waals surface area (Å²) in [5.74, 6) is 3.16. The Labute approximate surface area is 82.5 Å². The summed E-state index contributed by atoms with van der Waals surface area (Å²) < 4.78 is 0. The monoisotopic (exact) mass is 186 g/mol. The minimum absolute atomic E-state index is 1.01. The van der Waals surface area contributed by atoms with Gasteiger partial charge in [0.1, 0.15) is 0 Å². The molecule has 1 saturated carbocycles. The first-order valence-electron chi connectivity index (χ1n) is 5.47. The summed E-state index contributed by atoms with van der Waals surface area (Å²) in [4.78, 5) is 0. The van der Waals surface area contributed by atoms with Crippen LogP contribution >= 0.6 is 12.6 Å². The lowest BCUT2D eigenvalue weighted by molar-refractivity contribution is 0.258. The lowest BCUT2D eigenvalue weighted by Gasteiger charge is -2.27. The van der Waals surface area contributed by atoms with Crippen molar-refractivity contribution in [2.45, 2.75) is 51.9 Å². The van der Waals surface area contributed by atoms with Gasteiger partial charge in [0.2, 0.25) is 0 Å². The van der Waals surface area contributed by atoms with Gasteiger partial charge >= 0.3 is 0 Å². The van der Waals surface area contributed by atoms with Crippen LogP contribution in [-0.2, 0) is 0 Å². The Balaban J connectivity index is 2.11. The van der Waals surface area contributed by atoms with Crippen LogP contribution in [0.25, 0.3) is 0 Å². The molecular weight excluding hydrogens is 164 g/mol. The molecule has 1 aliphatic rings. The number of hydrogen-bond acceptors (Lipinski definition) is 1. The Bertz CT molecular complexity index is 89.6. The van der Waals surface area contributed by atoms with Gasteiger partial charge in [-0.15, -0.1) is 0 Å². The topological polar surface area (TPSA) is 0 Å². The smallest absolute Gasteiger partial charge is 0.00953 e.